The Balaban J connectivity index is 2.10. The Morgan fingerprint density at radius 1 is 1.24 bits per heavy atom. The van der Waals surface area contributed by atoms with E-state index in [1.54, 1.807) is 6.07 Å². The molecule has 1 aromatic carbocycles. The van der Waals surface area contributed by atoms with Gasteiger partial charge in [0.15, 0.2) is 0 Å². The van der Waals surface area contributed by atoms with Gasteiger partial charge in [-0.2, -0.15) is 0 Å². The average Bonchev–Trinajstić information content (AvgIpc) is 2.41. The van der Waals surface area contributed by atoms with E-state index in [-0.39, 0.29) is 17.8 Å². The molecule has 1 aliphatic carbocycles. The van der Waals surface area contributed by atoms with Gasteiger partial charge in [-0.3, -0.25) is 0 Å². The summed E-state index contributed by atoms with van der Waals surface area (Å²) in [6.45, 7) is 9.14. The maximum Gasteiger partial charge on any atom is 0.123 e. The molecule has 0 amide bonds. The molecule has 0 bridgehead atoms. The lowest BCUT2D eigenvalue weighted by Crippen LogP contribution is -2.36. The van der Waals surface area contributed by atoms with Crippen molar-refractivity contribution in [3.05, 3.63) is 35.1 Å². The molecule has 0 heterocycles. The molecule has 1 aromatic rings. The molecular formula is C19H29FO. The van der Waals surface area contributed by atoms with Gasteiger partial charge < -0.3 is 5.11 Å². The van der Waals surface area contributed by atoms with Crippen LogP contribution in [-0.2, 0) is 6.42 Å². The van der Waals surface area contributed by atoms with Crippen molar-refractivity contribution in [3.8, 4) is 0 Å². The van der Waals surface area contributed by atoms with Crippen molar-refractivity contribution in [1.82, 2.24) is 0 Å². The molecule has 0 atom stereocenters. The van der Waals surface area contributed by atoms with E-state index >= 15 is 0 Å². The number of hydrogen-bond donors (Lipinski definition) is 1. The number of aryl methyl sites for hydroxylation is 1. The molecule has 0 spiro atoms. The Kier molecular flexibility index (Phi) is 4.77. The number of aliphatic hydroxyl groups excluding tert-OH is 1. The van der Waals surface area contributed by atoms with Gasteiger partial charge in [-0.15, -0.1) is 0 Å². The fraction of sp³-hybridized carbons (Fsp3) is 0.684. The van der Waals surface area contributed by atoms with E-state index in [9.17, 15) is 9.50 Å². The zero-order valence-corrected chi connectivity index (χ0v) is 13.9. The average molecular weight is 292 g/mol. The summed E-state index contributed by atoms with van der Waals surface area (Å²) in [6.07, 6.45) is 5.38. The third kappa shape index (κ3) is 3.85. The Hall–Kier alpha value is -0.890. The van der Waals surface area contributed by atoms with Gasteiger partial charge in [0.2, 0.25) is 0 Å². The first-order valence-corrected chi connectivity index (χ1v) is 8.12. The van der Waals surface area contributed by atoms with Crippen LogP contribution in [0, 0.1) is 29.5 Å². The number of hydrogen-bond acceptors (Lipinski definition) is 1. The Morgan fingerprint density at radius 2 is 1.86 bits per heavy atom. The Morgan fingerprint density at radius 3 is 2.33 bits per heavy atom. The monoisotopic (exact) mass is 292 g/mol. The lowest BCUT2D eigenvalue weighted by Gasteiger charge is -2.43. The number of benzene rings is 1. The van der Waals surface area contributed by atoms with Gasteiger partial charge in [-0.25, -0.2) is 4.39 Å². The van der Waals surface area contributed by atoms with Crippen molar-refractivity contribution in [1.29, 1.82) is 0 Å². The summed E-state index contributed by atoms with van der Waals surface area (Å²) >= 11 is 0. The van der Waals surface area contributed by atoms with Crippen LogP contribution in [0.25, 0.3) is 0 Å². The van der Waals surface area contributed by atoms with Crippen molar-refractivity contribution >= 4 is 0 Å². The highest BCUT2D eigenvalue weighted by molar-refractivity contribution is 5.28. The summed E-state index contributed by atoms with van der Waals surface area (Å²) in [5, 5.41) is 9.96. The van der Waals surface area contributed by atoms with Crippen molar-refractivity contribution in [3.63, 3.8) is 0 Å². The molecule has 1 saturated carbocycles. The number of halogens is 1. The maximum absolute atomic E-state index is 13.2. The molecule has 2 heteroatoms. The summed E-state index contributed by atoms with van der Waals surface area (Å²) < 4.78 is 13.2. The highest BCUT2D eigenvalue weighted by Gasteiger charge is 2.38. The zero-order valence-electron chi connectivity index (χ0n) is 13.9. The summed E-state index contributed by atoms with van der Waals surface area (Å²) in [5.74, 6) is 0.567. The second kappa shape index (κ2) is 6.08. The molecule has 1 N–H and O–H groups in total. The highest BCUT2D eigenvalue weighted by atomic mass is 19.1. The predicted octanol–water partition coefficient (Wildman–Crippen LogP) is 4.89. The molecule has 1 nitrogen and oxygen atoms in total. The molecule has 118 valence electrons. The summed E-state index contributed by atoms with van der Waals surface area (Å²) in [6, 6.07) is 5.02. The Labute approximate surface area is 128 Å². The quantitative estimate of drug-likeness (QED) is 0.841. The largest absolute Gasteiger partial charge is 0.396 e. The highest BCUT2D eigenvalue weighted by Crippen LogP contribution is 2.46. The fourth-order valence-corrected chi connectivity index (χ4v) is 3.75. The van der Waals surface area contributed by atoms with Gasteiger partial charge in [-0.1, -0.05) is 26.8 Å². The van der Waals surface area contributed by atoms with Crippen LogP contribution in [0.1, 0.15) is 57.6 Å². The topological polar surface area (TPSA) is 20.2 Å². The van der Waals surface area contributed by atoms with Crippen LogP contribution >= 0.6 is 0 Å². The van der Waals surface area contributed by atoms with E-state index in [0.29, 0.717) is 5.41 Å². The lowest BCUT2D eigenvalue weighted by atomic mass is 9.62. The maximum atomic E-state index is 13.2. The first kappa shape index (κ1) is 16.5. The van der Waals surface area contributed by atoms with E-state index in [0.717, 1.165) is 30.7 Å². The van der Waals surface area contributed by atoms with Crippen LogP contribution in [-0.4, -0.2) is 11.7 Å². The van der Waals surface area contributed by atoms with Gasteiger partial charge in [-0.05, 0) is 79.0 Å². The minimum absolute atomic E-state index is 0.00958. The molecule has 0 aromatic heterocycles. The van der Waals surface area contributed by atoms with Crippen LogP contribution in [0.4, 0.5) is 4.39 Å². The molecule has 21 heavy (non-hydrogen) atoms. The molecule has 0 unspecified atom stereocenters. The van der Waals surface area contributed by atoms with Gasteiger partial charge in [0.05, 0.1) is 0 Å². The summed E-state index contributed by atoms with van der Waals surface area (Å²) in [4.78, 5) is 0. The second-order valence-corrected chi connectivity index (χ2v) is 8.05. The first-order chi connectivity index (χ1) is 9.76. The third-order valence-corrected chi connectivity index (χ3v) is 5.48. The van der Waals surface area contributed by atoms with Crippen LogP contribution in [0.2, 0.25) is 0 Å². The molecule has 1 aliphatic rings. The van der Waals surface area contributed by atoms with E-state index in [2.05, 4.69) is 20.8 Å². The van der Waals surface area contributed by atoms with Gasteiger partial charge in [0, 0.05) is 6.61 Å². The van der Waals surface area contributed by atoms with Gasteiger partial charge in [0.25, 0.3) is 0 Å². The minimum Gasteiger partial charge on any atom is -0.396 e. The van der Waals surface area contributed by atoms with E-state index in [1.165, 1.54) is 24.5 Å². The van der Waals surface area contributed by atoms with Crippen molar-refractivity contribution < 1.29 is 9.50 Å². The van der Waals surface area contributed by atoms with Crippen LogP contribution in [0.5, 0.6) is 0 Å². The summed E-state index contributed by atoms with van der Waals surface area (Å²) in [5.41, 5.74) is 2.53. The van der Waals surface area contributed by atoms with E-state index < -0.39 is 0 Å². The molecule has 1 fully saturated rings. The number of aliphatic hydroxyl groups is 1. The summed E-state index contributed by atoms with van der Waals surface area (Å²) in [7, 11) is 0. The van der Waals surface area contributed by atoms with E-state index in [1.807, 2.05) is 13.0 Å². The normalized spacial score (nSPS) is 26.9. The van der Waals surface area contributed by atoms with Crippen molar-refractivity contribution in [2.45, 2.75) is 59.8 Å². The second-order valence-electron chi connectivity index (χ2n) is 8.05. The van der Waals surface area contributed by atoms with Crippen molar-refractivity contribution in [2.75, 3.05) is 6.61 Å². The van der Waals surface area contributed by atoms with Gasteiger partial charge in [0.1, 0.15) is 5.82 Å². The van der Waals surface area contributed by atoms with E-state index in [4.69, 9.17) is 0 Å². The third-order valence-electron chi connectivity index (χ3n) is 5.48. The van der Waals surface area contributed by atoms with Crippen LogP contribution in [0.15, 0.2) is 18.2 Å². The molecule has 0 aliphatic heterocycles. The minimum atomic E-state index is -0.175. The predicted molar refractivity (Wildman–Crippen MR) is 85.8 cm³/mol. The fourth-order valence-electron chi connectivity index (χ4n) is 3.75. The SMILES string of the molecule is Cc1cc(F)ccc1CC1(CO)CCC(C(C)(C)C)CC1. The first-order valence-electron chi connectivity index (χ1n) is 8.12. The van der Waals surface area contributed by atoms with Crippen LogP contribution < -0.4 is 0 Å². The molecule has 2 rings (SSSR count). The lowest BCUT2D eigenvalue weighted by molar-refractivity contribution is 0.0368. The Bertz CT molecular complexity index is 479. The standard InChI is InChI=1S/C19H29FO/c1-14-11-17(20)6-5-15(14)12-19(13-21)9-7-16(8-10-19)18(2,3)4/h5-6,11,16,21H,7-10,12-13H2,1-4H3. The molecular weight excluding hydrogens is 263 g/mol. The smallest absolute Gasteiger partial charge is 0.123 e. The molecule has 0 saturated heterocycles. The zero-order chi connectivity index (χ0) is 15.7. The van der Waals surface area contributed by atoms with Crippen LogP contribution in [0.3, 0.4) is 0 Å². The molecule has 0 radical (unpaired) electrons. The number of rotatable bonds is 3. The van der Waals surface area contributed by atoms with Gasteiger partial charge >= 0.3 is 0 Å². The van der Waals surface area contributed by atoms with Crippen molar-refractivity contribution in [2.24, 2.45) is 16.7 Å².